The molecule has 0 aromatic rings. The Kier molecular flexibility index (Phi) is 11.0. The molecule has 2 atom stereocenters. The van der Waals surface area contributed by atoms with Gasteiger partial charge in [-0.05, 0) is 38.8 Å². The van der Waals surface area contributed by atoms with E-state index in [1.807, 2.05) is 0 Å². The Balaban J connectivity index is 3.83. The van der Waals surface area contributed by atoms with Crippen molar-refractivity contribution in [3.05, 3.63) is 0 Å². The fraction of sp³-hybridized carbons (Fsp3) is 1.00. The van der Waals surface area contributed by atoms with Gasteiger partial charge in [-0.2, -0.15) is 0 Å². The Hall–Kier alpha value is -0.0400. The molecule has 0 aliphatic carbocycles. The van der Waals surface area contributed by atoms with E-state index >= 15 is 0 Å². The van der Waals surface area contributed by atoms with Crippen molar-refractivity contribution in [3.8, 4) is 0 Å². The lowest BCUT2D eigenvalue weighted by Gasteiger charge is -2.22. The Morgan fingerprint density at radius 1 is 0.824 bits per heavy atom. The van der Waals surface area contributed by atoms with E-state index in [2.05, 4.69) is 39.8 Å². The van der Waals surface area contributed by atoms with Crippen molar-refractivity contribution in [2.24, 2.45) is 11.8 Å². The summed E-state index contributed by atoms with van der Waals surface area (Å²) >= 11 is 0. The van der Waals surface area contributed by atoms with Gasteiger partial charge in [-0.3, -0.25) is 0 Å². The molecule has 0 N–H and O–H groups in total. The molecule has 0 radical (unpaired) electrons. The summed E-state index contributed by atoms with van der Waals surface area (Å²) in [7, 11) is 4.42. The first kappa shape index (κ1) is 17.0. The second kappa shape index (κ2) is 11.1. The van der Waals surface area contributed by atoms with Crippen molar-refractivity contribution in [1.29, 1.82) is 0 Å². The summed E-state index contributed by atoms with van der Waals surface area (Å²) in [5.41, 5.74) is 0. The van der Waals surface area contributed by atoms with Gasteiger partial charge in [0.25, 0.3) is 0 Å². The smallest absolute Gasteiger partial charge is 0.000356 e. The second-order valence-corrected chi connectivity index (χ2v) is 6.10. The zero-order valence-electron chi connectivity index (χ0n) is 13.0. The molecule has 0 saturated carbocycles. The number of rotatable bonds is 11. The van der Waals surface area contributed by atoms with E-state index in [9.17, 15) is 0 Å². The second-order valence-electron chi connectivity index (χ2n) is 6.10. The van der Waals surface area contributed by atoms with Crippen LogP contribution in [0.15, 0.2) is 0 Å². The Labute approximate surface area is 110 Å². The molecule has 0 aliphatic rings. The lowest BCUT2D eigenvalue weighted by Crippen LogP contribution is -2.22. The molecule has 17 heavy (non-hydrogen) atoms. The molecule has 1 heteroatoms. The molecule has 0 heterocycles. The first-order valence-electron chi connectivity index (χ1n) is 7.74. The highest BCUT2D eigenvalue weighted by Crippen LogP contribution is 2.21. The highest BCUT2D eigenvalue weighted by atomic mass is 15.1. The minimum absolute atomic E-state index is 0.927. The third kappa shape index (κ3) is 10.8. The fourth-order valence-electron chi connectivity index (χ4n) is 2.68. The van der Waals surface area contributed by atoms with Crippen LogP contribution in [0, 0.1) is 11.8 Å². The summed E-state index contributed by atoms with van der Waals surface area (Å²) in [5, 5.41) is 0. The molecule has 2 unspecified atom stereocenters. The summed E-state index contributed by atoms with van der Waals surface area (Å²) in [6.07, 6.45) is 11.2. The van der Waals surface area contributed by atoms with Gasteiger partial charge in [0, 0.05) is 6.54 Å². The third-order valence-corrected chi connectivity index (χ3v) is 3.69. The van der Waals surface area contributed by atoms with E-state index < -0.39 is 0 Å². The molecule has 0 aromatic carbocycles. The molecular formula is C16H35N. The van der Waals surface area contributed by atoms with E-state index in [0.29, 0.717) is 0 Å². The largest absolute Gasteiger partial charge is 0.309 e. The summed E-state index contributed by atoms with van der Waals surface area (Å²) < 4.78 is 0. The topological polar surface area (TPSA) is 3.24 Å². The number of unbranched alkanes of at least 4 members (excludes halogenated alkanes) is 2. The lowest BCUT2D eigenvalue weighted by molar-refractivity contribution is 0.275. The van der Waals surface area contributed by atoms with Gasteiger partial charge in [-0.1, -0.05) is 59.3 Å². The van der Waals surface area contributed by atoms with Crippen LogP contribution < -0.4 is 0 Å². The van der Waals surface area contributed by atoms with Crippen LogP contribution in [-0.4, -0.2) is 25.5 Å². The van der Waals surface area contributed by atoms with E-state index in [1.54, 1.807) is 0 Å². The zero-order valence-corrected chi connectivity index (χ0v) is 13.0. The van der Waals surface area contributed by atoms with Crippen LogP contribution in [0.1, 0.15) is 72.1 Å². The van der Waals surface area contributed by atoms with Crippen molar-refractivity contribution in [1.82, 2.24) is 4.90 Å². The predicted molar refractivity (Wildman–Crippen MR) is 79.5 cm³/mol. The maximum Gasteiger partial charge on any atom is 0.000356 e. The average Bonchev–Trinajstić information content (AvgIpc) is 2.25. The Bertz CT molecular complexity index is 154. The van der Waals surface area contributed by atoms with Crippen molar-refractivity contribution < 1.29 is 0 Å². The lowest BCUT2D eigenvalue weighted by atomic mass is 9.90. The van der Waals surface area contributed by atoms with Crippen LogP contribution in [0.2, 0.25) is 0 Å². The molecule has 0 amide bonds. The molecule has 0 aliphatic heterocycles. The van der Waals surface area contributed by atoms with Gasteiger partial charge in [-0.25, -0.2) is 0 Å². The first-order valence-corrected chi connectivity index (χ1v) is 7.74. The first-order chi connectivity index (χ1) is 8.10. The average molecular weight is 241 g/mol. The van der Waals surface area contributed by atoms with Crippen molar-refractivity contribution >= 4 is 0 Å². The Morgan fingerprint density at radius 3 is 2.06 bits per heavy atom. The van der Waals surface area contributed by atoms with Gasteiger partial charge in [0.15, 0.2) is 0 Å². The highest BCUT2D eigenvalue weighted by Gasteiger charge is 2.11. The summed E-state index contributed by atoms with van der Waals surface area (Å²) in [6.45, 7) is 8.30. The van der Waals surface area contributed by atoms with Crippen LogP contribution in [0.5, 0.6) is 0 Å². The van der Waals surface area contributed by atoms with Crippen LogP contribution in [-0.2, 0) is 0 Å². The molecule has 104 valence electrons. The van der Waals surface area contributed by atoms with E-state index in [-0.39, 0.29) is 0 Å². The van der Waals surface area contributed by atoms with Gasteiger partial charge in [-0.15, -0.1) is 0 Å². The van der Waals surface area contributed by atoms with Gasteiger partial charge in [0.1, 0.15) is 0 Å². The zero-order chi connectivity index (χ0) is 13.1. The van der Waals surface area contributed by atoms with Crippen molar-refractivity contribution in [2.45, 2.75) is 72.1 Å². The van der Waals surface area contributed by atoms with Crippen LogP contribution in [0.4, 0.5) is 0 Å². The number of hydrogen-bond acceptors (Lipinski definition) is 1. The van der Waals surface area contributed by atoms with Gasteiger partial charge in [0.2, 0.25) is 0 Å². The summed E-state index contributed by atoms with van der Waals surface area (Å²) in [6, 6.07) is 0. The fourth-order valence-corrected chi connectivity index (χ4v) is 2.68. The third-order valence-electron chi connectivity index (χ3n) is 3.69. The standard InChI is InChI=1S/C16H35N/c1-6-8-9-11-16(14-17(4)5)13-12-15(3)10-7-2/h15-16H,6-14H2,1-5H3. The van der Waals surface area contributed by atoms with Gasteiger partial charge < -0.3 is 4.90 Å². The van der Waals surface area contributed by atoms with Crippen LogP contribution in [0.3, 0.4) is 0 Å². The Morgan fingerprint density at radius 2 is 1.53 bits per heavy atom. The molecule has 0 saturated heterocycles. The van der Waals surface area contributed by atoms with E-state index in [1.165, 1.54) is 57.9 Å². The van der Waals surface area contributed by atoms with E-state index in [0.717, 1.165) is 11.8 Å². The quantitative estimate of drug-likeness (QED) is 0.462. The van der Waals surface area contributed by atoms with Gasteiger partial charge in [0.05, 0.1) is 0 Å². The van der Waals surface area contributed by atoms with Crippen molar-refractivity contribution in [2.75, 3.05) is 20.6 Å². The maximum atomic E-state index is 2.42. The minimum atomic E-state index is 0.927. The predicted octanol–water partition coefficient (Wildman–Crippen LogP) is 4.96. The van der Waals surface area contributed by atoms with E-state index in [4.69, 9.17) is 0 Å². The van der Waals surface area contributed by atoms with Gasteiger partial charge >= 0.3 is 0 Å². The van der Waals surface area contributed by atoms with Crippen LogP contribution in [0.25, 0.3) is 0 Å². The van der Waals surface area contributed by atoms with Crippen molar-refractivity contribution in [3.63, 3.8) is 0 Å². The summed E-state index contributed by atoms with van der Waals surface area (Å²) in [4.78, 5) is 2.36. The molecular weight excluding hydrogens is 206 g/mol. The molecule has 0 aromatic heterocycles. The maximum absolute atomic E-state index is 2.42. The molecule has 0 rings (SSSR count). The highest BCUT2D eigenvalue weighted by molar-refractivity contribution is 4.65. The SMILES string of the molecule is CCCCCC(CCC(C)CCC)CN(C)C. The molecule has 0 fully saturated rings. The number of nitrogens with zero attached hydrogens (tertiary/aromatic N) is 1. The summed E-state index contributed by atoms with van der Waals surface area (Å²) in [5.74, 6) is 1.85. The molecule has 1 nitrogen and oxygen atoms in total. The molecule has 0 bridgehead atoms. The molecule has 0 spiro atoms. The van der Waals surface area contributed by atoms with Crippen LogP contribution >= 0.6 is 0 Å². The monoisotopic (exact) mass is 241 g/mol. The normalized spacial score (nSPS) is 15.2. The minimum Gasteiger partial charge on any atom is -0.309 e. The number of hydrogen-bond donors (Lipinski definition) is 0.